The van der Waals surface area contributed by atoms with E-state index in [0.717, 1.165) is 19.3 Å². The minimum absolute atomic E-state index is 0.138. The average Bonchev–Trinajstić information content (AvgIpc) is 2.41. The van der Waals surface area contributed by atoms with Gasteiger partial charge in [0, 0.05) is 14.2 Å². The van der Waals surface area contributed by atoms with Crippen molar-refractivity contribution < 1.29 is 9.47 Å². The number of rotatable bonds is 12. The zero-order valence-electron chi connectivity index (χ0n) is 14.2. The third kappa shape index (κ3) is 5.83. The Kier molecular flexibility index (Phi) is 9.72. The minimum Gasteiger partial charge on any atom is -0.376 e. The van der Waals surface area contributed by atoms with Crippen LogP contribution in [0.1, 0.15) is 85.5 Å². The van der Waals surface area contributed by atoms with Gasteiger partial charge in [-0.05, 0) is 26.7 Å². The summed E-state index contributed by atoms with van der Waals surface area (Å²) in [6, 6.07) is 0. The van der Waals surface area contributed by atoms with Crippen LogP contribution >= 0.6 is 0 Å². The molecule has 19 heavy (non-hydrogen) atoms. The van der Waals surface area contributed by atoms with Crippen LogP contribution in [0.15, 0.2) is 0 Å². The molecule has 0 radical (unpaired) electrons. The summed E-state index contributed by atoms with van der Waals surface area (Å²) >= 11 is 0. The smallest absolute Gasteiger partial charge is 0.0961 e. The first-order valence-electron chi connectivity index (χ1n) is 8.10. The number of hydrogen-bond acceptors (Lipinski definition) is 2. The van der Waals surface area contributed by atoms with E-state index in [9.17, 15) is 0 Å². The van der Waals surface area contributed by atoms with Crippen molar-refractivity contribution in [2.75, 3.05) is 14.2 Å². The normalized spacial score (nSPS) is 15.5. The topological polar surface area (TPSA) is 18.5 Å². The van der Waals surface area contributed by atoms with Gasteiger partial charge in [0.1, 0.15) is 0 Å². The van der Waals surface area contributed by atoms with Gasteiger partial charge in [-0.3, -0.25) is 0 Å². The second kappa shape index (κ2) is 9.77. The van der Waals surface area contributed by atoms with Crippen molar-refractivity contribution in [1.29, 1.82) is 0 Å². The lowest BCUT2D eigenvalue weighted by Crippen LogP contribution is -2.52. The van der Waals surface area contributed by atoms with Crippen LogP contribution in [0.2, 0.25) is 0 Å². The van der Waals surface area contributed by atoms with Crippen molar-refractivity contribution in [1.82, 2.24) is 0 Å². The molecule has 2 nitrogen and oxygen atoms in total. The molecule has 2 heteroatoms. The second-order valence-corrected chi connectivity index (χ2v) is 6.18. The Morgan fingerprint density at radius 1 is 0.684 bits per heavy atom. The summed E-state index contributed by atoms with van der Waals surface area (Å²) in [5.74, 6) is 0. The highest BCUT2D eigenvalue weighted by molar-refractivity contribution is 4.96. The van der Waals surface area contributed by atoms with Crippen LogP contribution < -0.4 is 0 Å². The molecule has 0 rings (SSSR count). The van der Waals surface area contributed by atoms with Crippen molar-refractivity contribution in [3.8, 4) is 0 Å². The quantitative estimate of drug-likeness (QED) is 0.446. The zero-order chi connectivity index (χ0) is 14.8. The molecule has 1 atom stereocenters. The van der Waals surface area contributed by atoms with Crippen molar-refractivity contribution in [2.45, 2.75) is 96.7 Å². The van der Waals surface area contributed by atoms with Crippen molar-refractivity contribution in [3.63, 3.8) is 0 Å². The first kappa shape index (κ1) is 18.9. The van der Waals surface area contributed by atoms with E-state index in [1.807, 2.05) is 7.11 Å². The van der Waals surface area contributed by atoms with Gasteiger partial charge in [-0.1, -0.05) is 58.8 Å². The van der Waals surface area contributed by atoms with Gasteiger partial charge in [-0.25, -0.2) is 0 Å². The van der Waals surface area contributed by atoms with Gasteiger partial charge >= 0.3 is 0 Å². The molecule has 0 N–H and O–H groups in total. The molecular formula is C17H36O2. The third-order valence-corrected chi connectivity index (χ3v) is 4.59. The lowest BCUT2D eigenvalue weighted by molar-refractivity contribution is -0.176. The predicted octanol–water partition coefficient (Wildman–Crippen LogP) is 5.35. The highest BCUT2D eigenvalue weighted by Crippen LogP contribution is 2.37. The van der Waals surface area contributed by atoms with Crippen LogP contribution in [0.3, 0.4) is 0 Å². The molecule has 0 amide bonds. The van der Waals surface area contributed by atoms with Crippen molar-refractivity contribution >= 4 is 0 Å². The molecule has 1 unspecified atom stereocenters. The highest BCUT2D eigenvalue weighted by Gasteiger charge is 2.44. The molecule has 116 valence electrons. The Hall–Kier alpha value is -0.0800. The maximum atomic E-state index is 5.94. The molecule has 0 saturated heterocycles. The molecule has 0 aromatic heterocycles. The average molecular weight is 272 g/mol. The van der Waals surface area contributed by atoms with Gasteiger partial charge < -0.3 is 9.47 Å². The molecule has 0 heterocycles. The van der Waals surface area contributed by atoms with E-state index in [4.69, 9.17) is 9.47 Å². The van der Waals surface area contributed by atoms with E-state index in [2.05, 4.69) is 27.7 Å². The van der Waals surface area contributed by atoms with Gasteiger partial charge in [0.05, 0.1) is 11.2 Å². The summed E-state index contributed by atoms with van der Waals surface area (Å²) in [7, 11) is 3.64. The van der Waals surface area contributed by atoms with Gasteiger partial charge in [-0.15, -0.1) is 0 Å². The lowest BCUT2D eigenvalue weighted by Gasteiger charge is -2.45. The van der Waals surface area contributed by atoms with Crippen LogP contribution in [0, 0.1) is 0 Å². The van der Waals surface area contributed by atoms with Crippen molar-refractivity contribution in [3.05, 3.63) is 0 Å². The number of hydrogen-bond donors (Lipinski definition) is 0. The van der Waals surface area contributed by atoms with Crippen LogP contribution in [-0.4, -0.2) is 25.4 Å². The first-order valence-corrected chi connectivity index (χ1v) is 8.10. The van der Waals surface area contributed by atoms with E-state index in [-0.39, 0.29) is 11.2 Å². The summed E-state index contributed by atoms with van der Waals surface area (Å²) < 4.78 is 11.7. The molecule has 0 aromatic carbocycles. The first-order chi connectivity index (χ1) is 8.99. The molecule has 0 aliphatic heterocycles. The molecule has 0 aliphatic rings. The van der Waals surface area contributed by atoms with Crippen LogP contribution in [0.4, 0.5) is 0 Å². The Morgan fingerprint density at radius 3 is 1.74 bits per heavy atom. The molecule has 0 bridgehead atoms. The van der Waals surface area contributed by atoms with E-state index < -0.39 is 0 Å². The largest absolute Gasteiger partial charge is 0.376 e. The van der Waals surface area contributed by atoms with Crippen molar-refractivity contribution in [2.24, 2.45) is 0 Å². The third-order valence-electron chi connectivity index (χ3n) is 4.59. The van der Waals surface area contributed by atoms with Gasteiger partial charge in [0.2, 0.25) is 0 Å². The number of methoxy groups -OCH3 is 2. The SMILES string of the molecule is CCCCCCCCC(CCC)(OC)C(C)(C)OC. The molecule has 0 saturated carbocycles. The Balaban J connectivity index is 4.35. The predicted molar refractivity (Wildman–Crippen MR) is 83.7 cm³/mol. The van der Waals surface area contributed by atoms with E-state index in [0.29, 0.717) is 0 Å². The minimum atomic E-state index is -0.221. The van der Waals surface area contributed by atoms with E-state index in [1.54, 1.807) is 7.11 Å². The molecule has 0 aromatic rings. The Labute approximate surface area is 121 Å². The molecule has 0 spiro atoms. The van der Waals surface area contributed by atoms with Gasteiger partial charge in [-0.2, -0.15) is 0 Å². The summed E-state index contributed by atoms with van der Waals surface area (Å²) in [5.41, 5.74) is -0.359. The monoisotopic (exact) mass is 272 g/mol. The van der Waals surface area contributed by atoms with Crippen LogP contribution in [0.25, 0.3) is 0 Å². The fourth-order valence-electron chi connectivity index (χ4n) is 2.96. The molecule has 0 fully saturated rings. The zero-order valence-corrected chi connectivity index (χ0v) is 14.2. The molecular weight excluding hydrogens is 236 g/mol. The van der Waals surface area contributed by atoms with Crippen LogP contribution in [0.5, 0.6) is 0 Å². The summed E-state index contributed by atoms with van der Waals surface area (Å²) in [6.07, 6.45) is 11.3. The highest BCUT2D eigenvalue weighted by atomic mass is 16.5. The summed E-state index contributed by atoms with van der Waals surface area (Å²) in [4.78, 5) is 0. The lowest BCUT2D eigenvalue weighted by atomic mass is 9.77. The van der Waals surface area contributed by atoms with Gasteiger partial charge in [0.15, 0.2) is 0 Å². The Morgan fingerprint density at radius 2 is 1.26 bits per heavy atom. The van der Waals surface area contributed by atoms with Crippen LogP contribution in [-0.2, 0) is 9.47 Å². The molecule has 0 aliphatic carbocycles. The summed E-state index contributed by atoms with van der Waals surface area (Å²) in [5, 5.41) is 0. The standard InChI is InChI=1S/C17H36O2/c1-7-9-10-11-12-13-15-17(19-6,14-8-2)16(3,4)18-5/h7-15H2,1-6H3. The van der Waals surface area contributed by atoms with E-state index >= 15 is 0 Å². The van der Waals surface area contributed by atoms with E-state index in [1.165, 1.54) is 38.5 Å². The Bertz CT molecular complexity index is 213. The number of unbranched alkanes of at least 4 members (excludes halogenated alkanes) is 5. The maximum Gasteiger partial charge on any atom is 0.0961 e. The maximum absolute atomic E-state index is 5.94. The second-order valence-electron chi connectivity index (χ2n) is 6.18. The fourth-order valence-corrected chi connectivity index (χ4v) is 2.96. The fraction of sp³-hybridized carbons (Fsp3) is 1.00. The number of ether oxygens (including phenoxy) is 2. The summed E-state index contributed by atoms with van der Waals surface area (Å²) in [6.45, 7) is 8.80. The van der Waals surface area contributed by atoms with Gasteiger partial charge in [0.25, 0.3) is 0 Å².